The van der Waals surface area contributed by atoms with Crippen LogP contribution < -0.4 is 0 Å². The van der Waals surface area contributed by atoms with E-state index < -0.39 is 10.0 Å². The number of rotatable bonds is 5. The van der Waals surface area contributed by atoms with Crippen molar-refractivity contribution in [1.29, 1.82) is 0 Å². The minimum absolute atomic E-state index is 0.0198. The average molecular weight is 491 g/mol. The molecule has 0 amide bonds. The number of sulfonamides is 1. The average Bonchev–Trinajstić information content (AvgIpc) is 2.84. The first-order valence-electron chi connectivity index (χ1n) is 12.5. The molecule has 6 heteroatoms. The first-order chi connectivity index (χ1) is 16.9. The van der Waals surface area contributed by atoms with Gasteiger partial charge in [-0.15, -0.1) is 0 Å². The molecule has 0 aromatic heterocycles. The maximum atomic E-state index is 13.6. The Morgan fingerprint density at radius 2 is 1.49 bits per heavy atom. The van der Waals surface area contributed by atoms with Gasteiger partial charge >= 0.3 is 0 Å². The van der Waals surface area contributed by atoms with E-state index in [1.54, 1.807) is 16.4 Å². The van der Waals surface area contributed by atoms with Gasteiger partial charge < -0.3 is 5.11 Å². The van der Waals surface area contributed by atoms with Gasteiger partial charge in [-0.25, -0.2) is 8.42 Å². The van der Waals surface area contributed by atoms with E-state index >= 15 is 0 Å². The molecule has 0 saturated carbocycles. The predicted molar refractivity (Wildman–Crippen MR) is 140 cm³/mol. The molecule has 184 valence electrons. The highest BCUT2D eigenvalue weighted by Crippen LogP contribution is 2.43. The molecule has 0 aliphatic carbocycles. The molecule has 0 bridgehead atoms. The molecular weight excluding hydrogens is 456 g/mol. The highest BCUT2D eigenvalue weighted by atomic mass is 32.2. The number of hydrogen-bond acceptors (Lipinski definition) is 4. The second-order valence-electron chi connectivity index (χ2n) is 9.90. The Kier molecular flexibility index (Phi) is 6.82. The summed E-state index contributed by atoms with van der Waals surface area (Å²) in [6.07, 6.45) is 1.74. The van der Waals surface area contributed by atoms with Crippen molar-refractivity contribution in [3.8, 4) is 11.1 Å². The van der Waals surface area contributed by atoms with Crippen LogP contribution in [0.2, 0.25) is 0 Å². The quantitative estimate of drug-likeness (QED) is 0.569. The van der Waals surface area contributed by atoms with Gasteiger partial charge in [0.2, 0.25) is 10.0 Å². The molecule has 1 N–H and O–H groups in total. The van der Waals surface area contributed by atoms with Crippen molar-refractivity contribution in [1.82, 2.24) is 9.21 Å². The van der Waals surface area contributed by atoms with Gasteiger partial charge in [0.15, 0.2) is 0 Å². The van der Waals surface area contributed by atoms with Gasteiger partial charge in [-0.05, 0) is 61.6 Å². The van der Waals surface area contributed by atoms with Crippen LogP contribution in [-0.2, 0) is 10.0 Å². The monoisotopic (exact) mass is 490 g/mol. The van der Waals surface area contributed by atoms with Crippen molar-refractivity contribution in [3.63, 3.8) is 0 Å². The number of aliphatic hydroxyl groups excluding tert-OH is 1. The van der Waals surface area contributed by atoms with Gasteiger partial charge in [0.05, 0.1) is 11.5 Å². The zero-order valence-electron chi connectivity index (χ0n) is 20.5. The Bertz CT molecular complexity index is 1270. The Balaban J connectivity index is 1.43. The standard InChI is InChI=1S/C29H34N2O3S/c1-21-9-11-23(12-10-21)24-13-15-25(16-14-24)29-26-19-30(17-5-6-18-31(26)27(29)20-32)35(33,34)28-8-4-3-7-22(28)2/h3-4,7-16,26-27,29,32H,5-6,17-20H2,1-2H3/t26-,27+,29+/m1/s1. The lowest BCUT2D eigenvalue weighted by atomic mass is 9.74. The van der Waals surface area contributed by atoms with Crippen LogP contribution in [0.1, 0.15) is 35.4 Å². The minimum Gasteiger partial charge on any atom is -0.395 e. The largest absolute Gasteiger partial charge is 0.395 e. The summed E-state index contributed by atoms with van der Waals surface area (Å²) in [5.74, 6) is 0.0970. The SMILES string of the molecule is Cc1ccc(-c2ccc([C@H]3[C@H]4CN(S(=O)(=O)c5ccccc5C)CCCCN4[C@H]3CO)cc2)cc1. The Hall–Kier alpha value is -2.51. The second-order valence-corrected chi connectivity index (χ2v) is 11.8. The second kappa shape index (κ2) is 9.86. The molecule has 2 heterocycles. The predicted octanol–water partition coefficient (Wildman–Crippen LogP) is 4.58. The number of benzene rings is 3. The van der Waals surface area contributed by atoms with E-state index in [1.807, 2.05) is 19.1 Å². The van der Waals surface area contributed by atoms with Crippen molar-refractivity contribution >= 4 is 10.0 Å². The van der Waals surface area contributed by atoms with Gasteiger partial charge in [-0.2, -0.15) is 4.31 Å². The van der Waals surface area contributed by atoms with Crippen LogP contribution in [0.15, 0.2) is 77.7 Å². The fraction of sp³-hybridized carbons (Fsp3) is 0.379. The van der Waals surface area contributed by atoms with Crippen LogP contribution in [0.3, 0.4) is 0 Å². The summed E-state index contributed by atoms with van der Waals surface area (Å²) in [5.41, 5.74) is 5.51. The highest BCUT2D eigenvalue weighted by molar-refractivity contribution is 7.89. The third-order valence-corrected chi connectivity index (χ3v) is 9.75. The van der Waals surface area contributed by atoms with Gasteiger partial charge in [0.25, 0.3) is 0 Å². The van der Waals surface area contributed by atoms with Crippen LogP contribution in [0, 0.1) is 13.8 Å². The molecule has 0 unspecified atom stereocenters. The highest BCUT2D eigenvalue weighted by Gasteiger charge is 2.50. The maximum absolute atomic E-state index is 13.6. The topological polar surface area (TPSA) is 60.9 Å². The van der Waals surface area contributed by atoms with Gasteiger partial charge in [0, 0.05) is 31.1 Å². The van der Waals surface area contributed by atoms with Crippen molar-refractivity contribution in [3.05, 3.63) is 89.5 Å². The Morgan fingerprint density at radius 1 is 0.857 bits per heavy atom. The molecule has 3 aromatic carbocycles. The lowest BCUT2D eigenvalue weighted by Crippen LogP contribution is -2.67. The molecule has 35 heavy (non-hydrogen) atoms. The van der Waals surface area contributed by atoms with Crippen LogP contribution in [0.4, 0.5) is 0 Å². The molecule has 5 nitrogen and oxygen atoms in total. The van der Waals surface area contributed by atoms with E-state index in [1.165, 1.54) is 11.1 Å². The molecular formula is C29H34N2O3S. The van der Waals surface area contributed by atoms with Gasteiger partial charge in [0.1, 0.15) is 0 Å². The first-order valence-corrected chi connectivity index (χ1v) is 13.9. The van der Waals surface area contributed by atoms with E-state index in [2.05, 4.69) is 60.4 Å². The fourth-order valence-corrected chi connectivity index (χ4v) is 7.48. The lowest BCUT2D eigenvalue weighted by molar-refractivity contribution is -0.0553. The summed E-state index contributed by atoms with van der Waals surface area (Å²) in [6.45, 7) is 5.88. The summed E-state index contributed by atoms with van der Waals surface area (Å²) in [4.78, 5) is 2.71. The summed E-state index contributed by atoms with van der Waals surface area (Å²) < 4.78 is 28.9. The zero-order chi connectivity index (χ0) is 24.6. The van der Waals surface area contributed by atoms with Crippen LogP contribution in [0.5, 0.6) is 0 Å². The van der Waals surface area contributed by atoms with Crippen molar-refractivity contribution in [2.24, 2.45) is 0 Å². The zero-order valence-corrected chi connectivity index (χ0v) is 21.3. The van der Waals surface area contributed by atoms with E-state index in [0.717, 1.165) is 36.1 Å². The normalized spacial score (nSPS) is 23.7. The number of nitrogens with zero attached hydrogens (tertiary/aromatic N) is 2. The van der Waals surface area contributed by atoms with E-state index in [9.17, 15) is 13.5 Å². The van der Waals surface area contributed by atoms with Crippen LogP contribution >= 0.6 is 0 Å². The molecule has 5 rings (SSSR count). The lowest BCUT2D eigenvalue weighted by Gasteiger charge is -2.57. The molecule has 2 fully saturated rings. The molecule has 2 aliphatic rings. The molecule has 3 aromatic rings. The number of fused-ring (bicyclic) bond motifs is 1. The van der Waals surface area contributed by atoms with Gasteiger partial charge in [-0.1, -0.05) is 72.3 Å². The number of aryl methyl sites for hydroxylation is 2. The van der Waals surface area contributed by atoms with E-state index in [-0.39, 0.29) is 24.6 Å². The van der Waals surface area contributed by atoms with Crippen molar-refractivity contribution < 1.29 is 13.5 Å². The Morgan fingerprint density at radius 3 is 2.14 bits per heavy atom. The molecule has 0 radical (unpaired) electrons. The molecule has 2 aliphatic heterocycles. The smallest absolute Gasteiger partial charge is 0.243 e. The summed E-state index contributed by atoms with van der Waals surface area (Å²) >= 11 is 0. The fourth-order valence-electron chi connectivity index (χ4n) is 5.76. The number of hydrogen-bond donors (Lipinski definition) is 1. The van der Waals surface area contributed by atoms with E-state index in [4.69, 9.17) is 0 Å². The summed E-state index contributed by atoms with van der Waals surface area (Å²) in [7, 11) is -3.59. The van der Waals surface area contributed by atoms with Crippen molar-refractivity contribution in [2.45, 2.75) is 49.6 Å². The molecule has 0 spiro atoms. The molecule has 3 atom stereocenters. The van der Waals surface area contributed by atoms with Crippen LogP contribution in [0.25, 0.3) is 11.1 Å². The van der Waals surface area contributed by atoms with Gasteiger partial charge in [-0.3, -0.25) is 4.90 Å². The molecule has 2 saturated heterocycles. The number of aliphatic hydroxyl groups is 1. The van der Waals surface area contributed by atoms with E-state index in [0.29, 0.717) is 18.0 Å². The van der Waals surface area contributed by atoms with Crippen molar-refractivity contribution in [2.75, 3.05) is 26.2 Å². The third-order valence-electron chi connectivity index (χ3n) is 7.72. The first kappa shape index (κ1) is 24.2. The summed E-state index contributed by atoms with van der Waals surface area (Å²) in [6, 6.07) is 24.4. The minimum atomic E-state index is -3.59. The third kappa shape index (κ3) is 4.56. The summed E-state index contributed by atoms with van der Waals surface area (Å²) in [5, 5.41) is 10.2. The van der Waals surface area contributed by atoms with Crippen LogP contribution in [-0.4, -0.2) is 61.1 Å². The Labute approximate surface area is 209 Å². The maximum Gasteiger partial charge on any atom is 0.243 e.